The number of furan rings is 1. The molecular formula is C17H16BrNO2. The van der Waals surface area contributed by atoms with Gasteiger partial charge in [-0.25, -0.2) is 0 Å². The van der Waals surface area contributed by atoms with Crippen molar-refractivity contribution in [3.63, 3.8) is 0 Å². The summed E-state index contributed by atoms with van der Waals surface area (Å²) >= 11 is 3.62. The smallest absolute Gasteiger partial charge is 0.146 e. The molecule has 21 heavy (non-hydrogen) atoms. The second-order valence-electron chi connectivity index (χ2n) is 4.84. The molecule has 0 radical (unpaired) electrons. The lowest BCUT2D eigenvalue weighted by Gasteiger charge is -2.09. The number of hydrogen-bond acceptors (Lipinski definition) is 3. The van der Waals surface area contributed by atoms with Crippen LogP contribution in [0.2, 0.25) is 0 Å². The molecule has 0 spiro atoms. The highest BCUT2D eigenvalue weighted by Crippen LogP contribution is 2.33. The maximum Gasteiger partial charge on any atom is 0.146 e. The summed E-state index contributed by atoms with van der Waals surface area (Å²) in [6.07, 6.45) is 1.75. The van der Waals surface area contributed by atoms with Crippen molar-refractivity contribution in [2.75, 3.05) is 7.05 Å². The maximum atomic E-state index is 5.86. The quantitative estimate of drug-likeness (QED) is 0.739. The molecule has 0 bridgehead atoms. The van der Waals surface area contributed by atoms with Gasteiger partial charge in [0.1, 0.15) is 18.1 Å². The highest BCUT2D eigenvalue weighted by molar-refractivity contribution is 9.10. The Morgan fingerprint density at radius 2 is 2.05 bits per heavy atom. The Morgan fingerprint density at radius 1 is 1.19 bits per heavy atom. The molecule has 1 aromatic heterocycles. The predicted molar refractivity (Wildman–Crippen MR) is 87.5 cm³/mol. The average Bonchev–Trinajstić information content (AvgIpc) is 2.95. The molecule has 0 aliphatic heterocycles. The fraction of sp³-hybridized carbons (Fsp3) is 0.176. The molecule has 4 heteroatoms. The molecule has 0 amide bonds. The molecule has 0 unspecified atom stereocenters. The fourth-order valence-corrected chi connectivity index (χ4v) is 2.88. The van der Waals surface area contributed by atoms with E-state index in [0.29, 0.717) is 6.61 Å². The van der Waals surface area contributed by atoms with Gasteiger partial charge in [-0.1, -0.05) is 30.3 Å². The number of rotatable bonds is 5. The summed E-state index contributed by atoms with van der Waals surface area (Å²) in [5.41, 5.74) is 1.12. The Bertz CT molecular complexity index is 751. The van der Waals surface area contributed by atoms with E-state index in [2.05, 4.69) is 39.4 Å². The van der Waals surface area contributed by atoms with Gasteiger partial charge in [-0.15, -0.1) is 0 Å². The zero-order valence-corrected chi connectivity index (χ0v) is 13.3. The molecule has 3 aromatic rings. The normalized spacial score (nSPS) is 11.0. The Balaban J connectivity index is 1.76. The van der Waals surface area contributed by atoms with Gasteiger partial charge in [-0.05, 0) is 45.9 Å². The van der Waals surface area contributed by atoms with E-state index < -0.39 is 0 Å². The molecule has 0 atom stereocenters. The van der Waals surface area contributed by atoms with Crippen molar-refractivity contribution >= 4 is 26.7 Å². The zero-order chi connectivity index (χ0) is 14.7. The Hall–Kier alpha value is -1.78. The van der Waals surface area contributed by atoms with E-state index in [0.717, 1.165) is 33.5 Å². The van der Waals surface area contributed by atoms with Gasteiger partial charge < -0.3 is 14.5 Å². The Kier molecular flexibility index (Phi) is 4.27. The summed E-state index contributed by atoms with van der Waals surface area (Å²) < 4.78 is 12.3. The second-order valence-corrected chi connectivity index (χ2v) is 5.63. The van der Waals surface area contributed by atoms with Gasteiger partial charge in [0.25, 0.3) is 0 Å². The highest BCUT2D eigenvalue weighted by Gasteiger charge is 2.08. The first-order valence-corrected chi connectivity index (χ1v) is 7.58. The number of nitrogens with one attached hydrogen (secondary N) is 1. The minimum atomic E-state index is 0.417. The first-order chi connectivity index (χ1) is 10.3. The summed E-state index contributed by atoms with van der Waals surface area (Å²) in [6.45, 7) is 1.21. The van der Waals surface area contributed by atoms with Crippen LogP contribution in [0.3, 0.4) is 0 Å². The summed E-state index contributed by atoms with van der Waals surface area (Å²) in [5.74, 6) is 1.64. The number of halogens is 1. The standard InChI is InChI=1S/C17H16BrNO2/c1-19-9-12-8-14(20-10-12)11-21-16-7-6-13-4-2-3-5-15(13)17(16)18/h2-8,10,19H,9,11H2,1H3. The van der Waals surface area contributed by atoms with E-state index in [-0.39, 0.29) is 0 Å². The summed E-state index contributed by atoms with van der Waals surface area (Å²) in [6, 6.07) is 14.2. The van der Waals surface area contributed by atoms with Crippen LogP contribution in [-0.4, -0.2) is 7.05 Å². The van der Waals surface area contributed by atoms with Crippen LogP contribution in [0.5, 0.6) is 5.75 Å². The first kappa shape index (κ1) is 14.2. The largest absolute Gasteiger partial charge is 0.484 e. The van der Waals surface area contributed by atoms with Gasteiger partial charge >= 0.3 is 0 Å². The van der Waals surface area contributed by atoms with Crippen molar-refractivity contribution in [2.24, 2.45) is 0 Å². The van der Waals surface area contributed by atoms with Gasteiger partial charge in [-0.3, -0.25) is 0 Å². The molecular weight excluding hydrogens is 330 g/mol. The van der Waals surface area contributed by atoms with Crippen molar-refractivity contribution in [3.8, 4) is 5.75 Å². The van der Waals surface area contributed by atoms with Crippen molar-refractivity contribution in [1.82, 2.24) is 5.32 Å². The van der Waals surface area contributed by atoms with Crippen molar-refractivity contribution < 1.29 is 9.15 Å². The molecule has 108 valence electrons. The summed E-state index contributed by atoms with van der Waals surface area (Å²) in [5, 5.41) is 5.42. The van der Waals surface area contributed by atoms with E-state index in [4.69, 9.17) is 9.15 Å². The number of hydrogen-bond donors (Lipinski definition) is 1. The molecule has 2 aromatic carbocycles. The van der Waals surface area contributed by atoms with E-state index in [1.165, 1.54) is 5.39 Å². The highest BCUT2D eigenvalue weighted by atomic mass is 79.9. The van der Waals surface area contributed by atoms with Gasteiger partial charge in [-0.2, -0.15) is 0 Å². The van der Waals surface area contributed by atoms with Crippen LogP contribution >= 0.6 is 15.9 Å². The third-order valence-electron chi connectivity index (χ3n) is 3.29. The van der Waals surface area contributed by atoms with E-state index in [1.54, 1.807) is 6.26 Å². The van der Waals surface area contributed by atoms with Crippen LogP contribution in [0.4, 0.5) is 0 Å². The molecule has 3 nitrogen and oxygen atoms in total. The number of ether oxygens (including phenoxy) is 1. The van der Waals surface area contributed by atoms with Crippen LogP contribution in [0.15, 0.2) is 57.6 Å². The monoisotopic (exact) mass is 345 g/mol. The molecule has 0 aliphatic rings. The molecule has 1 heterocycles. The molecule has 3 rings (SSSR count). The van der Waals surface area contributed by atoms with Gasteiger partial charge in [0.05, 0.1) is 10.7 Å². The minimum absolute atomic E-state index is 0.417. The Labute approximate surface area is 132 Å². The van der Waals surface area contributed by atoms with Crippen molar-refractivity contribution in [3.05, 3.63) is 64.5 Å². The molecule has 1 N–H and O–H groups in total. The SMILES string of the molecule is CNCc1coc(COc2ccc3ccccc3c2Br)c1. The van der Waals surface area contributed by atoms with E-state index in [1.807, 2.05) is 31.3 Å². The number of fused-ring (bicyclic) bond motifs is 1. The zero-order valence-electron chi connectivity index (χ0n) is 11.7. The number of benzene rings is 2. The van der Waals surface area contributed by atoms with Crippen LogP contribution in [0, 0.1) is 0 Å². The maximum absolute atomic E-state index is 5.86. The molecule has 0 fully saturated rings. The lowest BCUT2D eigenvalue weighted by molar-refractivity contribution is 0.269. The lowest BCUT2D eigenvalue weighted by Crippen LogP contribution is -2.03. The molecule has 0 aliphatic carbocycles. The molecule has 0 saturated heterocycles. The van der Waals surface area contributed by atoms with E-state index in [9.17, 15) is 0 Å². The van der Waals surface area contributed by atoms with Crippen molar-refractivity contribution in [1.29, 1.82) is 0 Å². The molecule has 0 saturated carbocycles. The van der Waals surface area contributed by atoms with E-state index >= 15 is 0 Å². The van der Waals surface area contributed by atoms with Gasteiger partial charge in [0.2, 0.25) is 0 Å². The van der Waals surface area contributed by atoms with Crippen LogP contribution < -0.4 is 10.1 Å². The fourth-order valence-electron chi connectivity index (χ4n) is 2.27. The summed E-state index contributed by atoms with van der Waals surface area (Å²) in [4.78, 5) is 0. The second kappa shape index (κ2) is 6.33. The van der Waals surface area contributed by atoms with Gasteiger partial charge in [0.15, 0.2) is 0 Å². The topological polar surface area (TPSA) is 34.4 Å². The first-order valence-electron chi connectivity index (χ1n) is 6.79. The Morgan fingerprint density at radius 3 is 2.90 bits per heavy atom. The minimum Gasteiger partial charge on any atom is -0.484 e. The predicted octanol–water partition coefficient (Wildman–Crippen LogP) is 4.49. The average molecular weight is 346 g/mol. The van der Waals surface area contributed by atoms with Crippen molar-refractivity contribution in [2.45, 2.75) is 13.2 Å². The van der Waals surface area contributed by atoms with Crippen LogP contribution in [-0.2, 0) is 13.2 Å². The third-order valence-corrected chi connectivity index (χ3v) is 4.10. The lowest BCUT2D eigenvalue weighted by atomic mass is 10.1. The van der Waals surface area contributed by atoms with Crippen LogP contribution in [0.25, 0.3) is 10.8 Å². The summed E-state index contributed by atoms with van der Waals surface area (Å²) in [7, 11) is 1.91. The van der Waals surface area contributed by atoms with Crippen LogP contribution in [0.1, 0.15) is 11.3 Å². The third kappa shape index (κ3) is 3.12. The van der Waals surface area contributed by atoms with Gasteiger partial charge in [0, 0.05) is 12.1 Å².